The highest BCUT2D eigenvalue weighted by atomic mass is 15.0. The monoisotopic (exact) mass is 276 g/mol. The molecule has 0 heterocycles. The average molecular weight is 276 g/mol. The molecule has 2 nitrogen and oxygen atoms in total. The number of allylic oxidation sites excluding steroid dienone is 1. The minimum atomic E-state index is -0.0924. The van der Waals surface area contributed by atoms with Crippen LogP contribution in [0, 0.1) is 17.8 Å². The molecule has 1 rings (SSSR count). The highest BCUT2D eigenvalue weighted by Crippen LogP contribution is 2.36. The van der Waals surface area contributed by atoms with Gasteiger partial charge in [0.25, 0.3) is 0 Å². The van der Waals surface area contributed by atoms with Crippen molar-refractivity contribution in [1.29, 1.82) is 0 Å². The Balaban J connectivity index is 2.60. The van der Waals surface area contributed by atoms with Gasteiger partial charge in [-0.3, -0.25) is 0 Å². The van der Waals surface area contributed by atoms with Crippen molar-refractivity contribution >= 4 is 7.85 Å². The molecule has 1 aliphatic carbocycles. The van der Waals surface area contributed by atoms with Gasteiger partial charge in [0.05, 0.1) is 0 Å². The Hall–Kier alpha value is -0.855. The Morgan fingerprint density at radius 2 is 1.80 bits per heavy atom. The first-order valence-corrected chi connectivity index (χ1v) is 8.15. The van der Waals surface area contributed by atoms with E-state index in [1.165, 1.54) is 25.0 Å². The number of hydrogen-bond acceptors (Lipinski definition) is 2. The molecule has 114 valence electrons. The Morgan fingerprint density at radius 3 is 2.25 bits per heavy atom. The van der Waals surface area contributed by atoms with Gasteiger partial charge in [0, 0.05) is 23.4 Å². The van der Waals surface area contributed by atoms with Gasteiger partial charge < -0.3 is 10.6 Å². The first-order chi connectivity index (χ1) is 9.24. The second-order valence-electron chi connectivity index (χ2n) is 7.44. The molecule has 1 atom stereocenters. The zero-order chi connectivity index (χ0) is 15.3. The normalized spacial score (nSPS) is 17.9. The Labute approximate surface area is 126 Å². The van der Waals surface area contributed by atoms with Crippen molar-refractivity contribution in [2.24, 2.45) is 17.8 Å². The van der Waals surface area contributed by atoms with E-state index in [2.05, 4.69) is 59.3 Å². The largest absolute Gasteiger partial charge is 0.388 e. The van der Waals surface area contributed by atoms with Crippen LogP contribution in [0.15, 0.2) is 24.6 Å². The molecule has 2 N–H and O–H groups in total. The van der Waals surface area contributed by atoms with E-state index in [1.807, 2.05) is 0 Å². The molecule has 20 heavy (non-hydrogen) atoms. The zero-order valence-corrected chi connectivity index (χ0v) is 14.2. The van der Waals surface area contributed by atoms with Crippen LogP contribution in [0.4, 0.5) is 0 Å². The van der Waals surface area contributed by atoms with Crippen molar-refractivity contribution in [3.8, 4) is 0 Å². The van der Waals surface area contributed by atoms with Crippen LogP contribution in [0.3, 0.4) is 0 Å². The van der Waals surface area contributed by atoms with Crippen LogP contribution in [-0.4, -0.2) is 19.8 Å². The van der Waals surface area contributed by atoms with Gasteiger partial charge in [0.1, 0.15) is 7.85 Å². The molecule has 0 aromatic heterocycles. The minimum absolute atomic E-state index is 0.0924. The second-order valence-corrected chi connectivity index (χ2v) is 7.44. The van der Waals surface area contributed by atoms with Crippen molar-refractivity contribution in [3.05, 3.63) is 24.6 Å². The summed E-state index contributed by atoms with van der Waals surface area (Å²) in [7, 11) is 2.26. The van der Waals surface area contributed by atoms with E-state index >= 15 is 0 Å². The van der Waals surface area contributed by atoms with Crippen LogP contribution in [0.5, 0.6) is 0 Å². The maximum absolute atomic E-state index is 4.29. The summed E-state index contributed by atoms with van der Waals surface area (Å²) in [5.74, 6) is 2.04. The summed E-state index contributed by atoms with van der Waals surface area (Å²) in [5, 5.41) is 7.19. The predicted octanol–water partition coefficient (Wildman–Crippen LogP) is 3.02. The molecule has 0 aliphatic heterocycles. The molecule has 0 amide bonds. The lowest BCUT2D eigenvalue weighted by atomic mass is 9.69. The lowest BCUT2D eigenvalue weighted by Crippen LogP contribution is -2.51. The molecule has 0 saturated heterocycles. The fourth-order valence-electron chi connectivity index (χ4n) is 2.66. The molecule has 1 fully saturated rings. The second kappa shape index (κ2) is 7.24. The van der Waals surface area contributed by atoms with Crippen molar-refractivity contribution in [3.63, 3.8) is 0 Å². The minimum Gasteiger partial charge on any atom is -0.388 e. The van der Waals surface area contributed by atoms with E-state index in [4.69, 9.17) is 0 Å². The Bertz CT molecular complexity index is 345. The third-order valence-corrected chi connectivity index (χ3v) is 4.05. The fourth-order valence-corrected chi connectivity index (χ4v) is 2.66. The third-order valence-electron chi connectivity index (χ3n) is 4.05. The first kappa shape index (κ1) is 17.2. The van der Waals surface area contributed by atoms with Gasteiger partial charge in [-0.2, -0.15) is 0 Å². The number of nitrogens with one attached hydrogen (secondary N) is 2. The molecule has 1 aliphatic rings. The number of hydrogen-bond donors (Lipinski definition) is 2. The summed E-state index contributed by atoms with van der Waals surface area (Å²) in [4.78, 5) is 0. The Kier molecular flexibility index (Phi) is 6.22. The van der Waals surface area contributed by atoms with Crippen LogP contribution < -0.4 is 10.6 Å². The first-order valence-electron chi connectivity index (χ1n) is 8.15. The smallest absolute Gasteiger partial charge is 0.142 e. The maximum Gasteiger partial charge on any atom is 0.142 e. The van der Waals surface area contributed by atoms with Gasteiger partial charge in [-0.1, -0.05) is 40.9 Å². The quantitative estimate of drug-likeness (QED) is 0.599. The van der Waals surface area contributed by atoms with Crippen molar-refractivity contribution in [2.45, 2.75) is 58.8 Å². The molecule has 0 aromatic carbocycles. The zero-order valence-electron chi connectivity index (χ0n) is 14.2. The summed E-state index contributed by atoms with van der Waals surface area (Å²) in [6.45, 7) is 18.6. The fraction of sp³-hybridized carbons (Fsp3) is 0.765. The van der Waals surface area contributed by atoms with Crippen LogP contribution in [0.1, 0.15) is 53.4 Å². The molecule has 0 unspecified atom stereocenters. The number of rotatable bonds is 10. The van der Waals surface area contributed by atoms with Crippen molar-refractivity contribution in [1.82, 2.24) is 10.6 Å². The topological polar surface area (TPSA) is 24.1 Å². The predicted molar refractivity (Wildman–Crippen MR) is 92.3 cm³/mol. The molecule has 0 aromatic rings. The van der Waals surface area contributed by atoms with Crippen LogP contribution in [-0.2, 0) is 0 Å². The molecule has 0 radical (unpaired) electrons. The van der Waals surface area contributed by atoms with E-state index < -0.39 is 0 Å². The molecule has 1 saturated carbocycles. The Morgan fingerprint density at radius 1 is 1.20 bits per heavy atom. The van der Waals surface area contributed by atoms with Crippen molar-refractivity contribution in [2.75, 3.05) is 6.54 Å². The molecule has 0 bridgehead atoms. The van der Waals surface area contributed by atoms with Gasteiger partial charge in [-0.15, -0.1) is 0 Å². The van der Waals surface area contributed by atoms with E-state index in [-0.39, 0.29) is 5.44 Å². The van der Waals surface area contributed by atoms with E-state index in [1.54, 1.807) is 0 Å². The summed E-state index contributed by atoms with van der Waals surface area (Å²) < 4.78 is 0. The van der Waals surface area contributed by atoms with Crippen LogP contribution in [0.25, 0.3) is 0 Å². The summed E-state index contributed by atoms with van der Waals surface area (Å²) in [6.07, 6.45) is 4.83. The molecular formula is C17H33BN2. The lowest BCUT2D eigenvalue weighted by molar-refractivity contribution is 0.414. The van der Waals surface area contributed by atoms with Crippen molar-refractivity contribution < 1.29 is 0 Å². The molecule has 0 spiro atoms. The van der Waals surface area contributed by atoms with Gasteiger partial charge in [0.2, 0.25) is 0 Å². The average Bonchev–Trinajstić information content (AvgIpc) is 3.10. The standard InChI is InChI=1S/C17H33BN2/c1-12(2)9-10-19-15(6)17(18,11-13(3)4)20-14(5)16-7-8-16/h12-13,16,19-20H,5-11,18H2,1-4H3/t17-/m0/s1. The summed E-state index contributed by atoms with van der Waals surface area (Å²) in [6, 6.07) is 0. The highest BCUT2D eigenvalue weighted by molar-refractivity contribution is 6.17. The van der Waals surface area contributed by atoms with E-state index in [9.17, 15) is 0 Å². The van der Waals surface area contributed by atoms with Crippen LogP contribution in [0.2, 0.25) is 0 Å². The molecule has 3 heteroatoms. The van der Waals surface area contributed by atoms with Gasteiger partial charge in [-0.25, -0.2) is 0 Å². The van der Waals surface area contributed by atoms with Gasteiger partial charge >= 0.3 is 0 Å². The van der Waals surface area contributed by atoms with Gasteiger partial charge in [0.15, 0.2) is 0 Å². The molecular weight excluding hydrogens is 243 g/mol. The summed E-state index contributed by atoms with van der Waals surface area (Å²) >= 11 is 0. The summed E-state index contributed by atoms with van der Waals surface area (Å²) in [5.41, 5.74) is 2.21. The highest BCUT2D eigenvalue weighted by Gasteiger charge is 2.33. The lowest BCUT2D eigenvalue weighted by Gasteiger charge is -2.37. The van der Waals surface area contributed by atoms with Gasteiger partial charge in [-0.05, 0) is 43.4 Å². The SMILES string of the molecule is B[C@@](CC(C)C)(NC(=C)C1CC1)C(=C)NCCC(C)C. The third kappa shape index (κ3) is 5.64. The maximum atomic E-state index is 4.29. The van der Waals surface area contributed by atoms with E-state index in [0.29, 0.717) is 11.8 Å². The van der Waals surface area contributed by atoms with Crippen LogP contribution >= 0.6 is 0 Å². The van der Waals surface area contributed by atoms with E-state index in [0.717, 1.165) is 24.6 Å².